The van der Waals surface area contributed by atoms with Crippen LogP contribution in [0.25, 0.3) is 0 Å². The van der Waals surface area contributed by atoms with Crippen molar-refractivity contribution in [2.24, 2.45) is 0 Å². The predicted molar refractivity (Wildman–Crippen MR) is 99.3 cm³/mol. The molecule has 6 nitrogen and oxygen atoms in total. The molecule has 0 radical (unpaired) electrons. The van der Waals surface area contributed by atoms with Crippen molar-refractivity contribution in [1.29, 1.82) is 0 Å². The average molecular weight is 363 g/mol. The highest BCUT2D eigenvalue weighted by Gasteiger charge is 2.16. The molecule has 1 N–H and O–H groups in total. The van der Waals surface area contributed by atoms with Gasteiger partial charge in [0.25, 0.3) is 0 Å². The average Bonchev–Trinajstić information content (AvgIpc) is 2.57. The van der Waals surface area contributed by atoms with Crippen LogP contribution in [0.4, 0.5) is 4.79 Å². The number of carbonyl (C=O) groups excluding carboxylic acids is 3. The van der Waals surface area contributed by atoms with E-state index in [1.165, 1.54) is 5.56 Å². The quantitative estimate of drug-likeness (QED) is 0.560. The maximum atomic E-state index is 12.1. The fourth-order valence-electron chi connectivity index (χ4n) is 2.12. The highest BCUT2D eigenvalue weighted by atomic mass is 16.6. The molecule has 0 saturated carbocycles. The lowest BCUT2D eigenvalue weighted by atomic mass is 9.97. The monoisotopic (exact) mass is 363 g/mol. The lowest BCUT2D eigenvalue weighted by Gasteiger charge is -2.19. The topological polar surface area (TPSA) is 81.7 Å². The molecule has 1 atom stereocenters. The zero-order valence-corrected chi connectivity index (χ0v) is 16.3. The van der Waals surface area contributed by atoms with Gasteiger partial charge in [0.2, 0.25) is 0 Å². The van der Waals surface area contributed by atoms with Crippen LogP contribution < -0.4 is 5.32 Å². The number of amides is 1. The number of esters is 1. The SMILES string of the molecule is CC[C@H](C)c1ccc(C(=O)COC(=O)CCNC(=O)OC(C)(C)C)cc1. The molecule has 1 aromatic rings. The summed E-state index contributed by atoms with van der Waals surface area (Å²) in [6.07, 6.45) is 0.407. The fourth-order valence-corrected chi connectivity index (χ4v) is 2.12. The Kier molecular flexibility index (Phi) is 8.29. The van der Waals surface area contributed by atoms with Gasteiger partial charge in [-0.25, -0.2) is 4.79 Å². The fraction of sp³-hybridized carbons (Fsp3) is 0.550. The number of carbonyl (C=O) groups is 3. The molecule has 1 rings (SSSR count). The Labute approximate surface area is 155 Å². The minimum Gasteiger partial charge on any atom is -0.457 e. The van der Waals surface area contributed by atoms with E-state index >= 15 is 0 Å². The number of ether oxygens (including phenoxy) is 2. The van der Waals surface area contributed by atoms with E-state index < -0.39 is 17.7 Å². The van der Waals surface area contributed by atoms with E-state index in [4.69, 9.17) is 9.47 Å². The first kappa shape index (κ1) is 21.7. The number of Topliss-reactive ketones (excluding diaryl/α,β-unsaturated/α-hetero) is 1. The Morgan fingerprint density at radius 1 is 1.12 bits per heavy atom. The number of ketones is 1. The summed E-state index contributed by atoms with van der Waals surface area (Å²) in [7, 11) is 0. The summed E-state index contributed by atoms with van der Waals surface area (Å²) in [5.74, 6) is -0.366. The Bertz CT molecular complexity index is 616. The number of nitrogens with one attached hydrogen (secondary N) is 1. The first-order chi connectivity index (χ1) is 12.1. The third-order valence-corrected chi connectivity index (χ3v) is 3.78. The van der Waals surface area contributed by atoms with Crippen molar-refractivity contribution in [1.82, 2.24) is 5.32 Å². The molecule has 0 spiro atoms. The molecule has 0 aromatic heterocycles. The van der Waals surface area contributed by atoms with E-state index in [2.05, 4.69) is 19.2 Å². The number of benzene rings is 1. The highest BCUT2D eigenvalue weighted by Crippen LogP contribution is 2.19. The van der Waals surface area contributed by atoms with Crippen LogP contribution in [-0.4, -0.2) is 36.6 Å². The molecular weight excluding hydrogens is 334 g/mol. The molecule has 0 aliphatic heterocycles. The van der Waals surface area contributed by atoms with Crippen molar-refractivity contribution >= 4 is 17.8 Å². The van der Waals surface area contributed by atoms with Gasteiger partial charge in [0.1, 0.15) is 5.60 Å². The lowest BCUT2D eigenvalue weighted by Crippen LogP contribution is -2.33. The van der Waals surface area contributed by atoms with Crippen molar-refractivity contribution in [2.45, 2.75) is 59.0 Å². The maximum Gasteiger partial charge on any atom is 0.407 e. The van der Waals surface area contributed by atoms with Gasteiger partial charge in [-0.3, -0.25) is 9.59 Å². The summed E-state index contributed by atoms with van der Waals surface area (Å²) in [5, 5.41) is 2.46. The summed E-state index contributed by atoms with van der Waals surface area (Å²) < 4.78 is 10.0. The zero-order chi connectivity index (χ0) is 19.7. The van der Waals surface area contributed by atoms with Crippen LogP contribution >= 0.6 is 0 Å². The maximum absolute atomic E-state index is 12.1. The van der Waals surface area contributed by atoms with Crippen LogP contribution in [0.15, 0.2) is 24.3 Å². The minimum absolute atomic E-state index is 0.0283. The second-order valence-electron chi connectivity index (χ2n) is 7.19. The van der Waals surface area contributed by atoms with Crippen molar-refractivity contribution in [3.8, 4) is 0 Å². The van der Waals surface area contributed by atoms with E-state index in [9.17, 15) is 14.4 Å². The van der Waals surface area contributed by atoms with Crippen molar-refractivity contribution in [3.05, 3.63) is 35.4 Å². The van der Waals surface area contributed by atoms with Crippen molar-refractivity contribution in [2.75, 3.05) is 13.2 Å². The first-order valence-electron chi connectivity index (χ1n) is 8.88. The Morgan fingerprint density at radius 3 is 2.27 bits per heavy atom. The van der Waals surface area contributed by atoms with Crippen LogP contribution in [0.1, 0.15) is 69.3 Å². The molecule has 0 aliphatic rings. The van der Waals surface area contributed by atoms with Gasteiger partial charge in [0.05, 0.1) is 6.42 Å². The van der Waals surface area contributed by atoms with Crippen molar-refractivity contribution in [3.63, 3.8) is 0 Å². The van der Waals surface area contributed by atoms with Crippen LogP contribution in [0.5, 0.6) is 0 Å². The van der Waals surface area contributed by atoms with Crippen LogP contribution in [0, 0.1) is 0 Å². The summed E-state index contributed by atoms with van der Waals surface area (Å²) in [4.78, 5) is 35.2. The van der Waals surface area contributed by atoms with E-state index in [1.807, 2.05) is 12.1 Å². The molecule has 1 aromatic carbocycles. The summed E-state index contributed by atoms with van der Waals surface area (Å²) >= 11 is 0. The number of hydrogen-bond acceptors (Lipinski definition) is 5. The number of hydrogen-bond donors (Lipinski definition) is 1. The predicted octanol–water partition coefficient (Wildman–Crippen LogP) is 3.84. The van der Waals surface area contributed by atoms with Crippen LogP contribution in [-0.2, 0) is 14.3 Å². The molecule has 0 unspecified atom stereocenters. The van der Waals surface area contributed by atoms with Gasteiger partial charge in [-0.15, -0.1) is 0 Å². The third kappa shape index (κ3) is 8.14. The summed E-state index contributed by atoms with van der Waals surface area (Å²) in [5.41, 5.74) is 1.09. The van der Waals surface area contributed by atoms with Gasteiger partial charge < -0.3 is 14.8 Å². The number of alkyl carbamates (subject to hydrolysis) is 1. The Hall–Kier alpha value is -2.37. The smallest absolute Gasteiger partial charge is 0.407 e. The Morgan fingerprint density at radius 2 is 1.73 bits per heavy atom. The molecule has 0 saturated heterocycles. The normalized spacial score (nSPS) is 12.2. The molecule has 0 fully saturated rings. The highest BCUT2D eigenvalue weighted by molar-refractivity contribution is 5.98. The second-order valence-corrected chi connectivity index (χ2v) is 7.19. The van der Waals surface area contributed by atoms with E-state index in [-0.39, 0.29) is 25.4 Å². The largest absolute Gasteiger partial charge is 0.457 e. The first-order valence-corrected chi connectivity index (χ1v) is 8.88. The second kappa shape index (κ2) is 9.94. The molecular formula is C20H29NO5. The molecule has 26 heavy (non-hydrogen) atoms. The molecule has 0 bridgehead atoms. The van der Waals surface area contributed by atoms with E-state index in [0.717, 1.165) is 6.42 Å². The van der Waals surface area contributed by atoms with Gasteiger partial charge in [0.15, 0.2) is 12.4 Å². The lowest BCUT2D eigenvalue weighted by molar-refractivity contribution is -0.142. The van der Waals surface area contributed by atoms with E-state index in [1.54, 1.807) is 32.9 Å². The molecule has 144 valence electrons. The van der Waals surface area contributed by atoms with Crippen LogP contribution in [0.2, 0.25) is 0 Å². The van der Waals surface area contributed by atoms with Crippen molar-refractivity contribution < 1.29 is 23.9 Å². The van der Waals surface area contributed by atoms with Gasteiger partial charge in [-0.2, -0.15) is 0 Å². The molecule has 6 heteroatoms. The van der Waals surface area contributed by atoms with Gasteiger partial charge in [-0.1, -0.05) is 38.1 Å². The van der Waals surface area contributed by atoms with Gasteiger partial charge in [0, 0.05) is 12.1 Å². The number of rotatable bonds is 8. The van der Waals surface area contributed by atoms with Gasteiger partial charge >= 0.3 is 12.1 Å². The molecule has 0 heterocycles. The van der Waals surface area contributed by atoms with E-state index in [0.29, 0.717) is 11.5 Å². The summed E-state index contributed by atoms with van der Waals surface area (Å²) in [6, 6.07) is 7.35. The standard InChI is InChI=1S/C20H29NO5/c1-6-14(2)15-7-9-16(10-8-15)17(22)13-25-18(23)11-12-21-19(24)26-20(3,4)5/h7-10,14H,6,11-13H2,1-5H3,(H,21,24)/t14-/m0/s1. The third-order valence-electron chi connectivity index (χ3n) is 3.78. The zero-order valence-electron chi connectivity index (χ0n) is 16.3. The van der Waals surface area contributed by atoms with Crippen LogP contribution in [0.3, 0.4) is 0 Å². The minimum atomic E-state index is -0.596. The molecule has 0 aliphatic carbocycles. The summed E-state index contributed by atoms with van der Waals surface area (Å²) in [6.45, 7) is 9.27. The molecule has 1 amide bonds. The Balaban J connectivity index is 2.33. The van der Waals surface area contributed by atoms with Gasteiger partial charge in [-0.05, 0) is 38.7 Å².